The molecule has 4 heteroatoms. The van der Waals surface area contributed by atoms with Gasteiger partial charge in [-0.1, -0.05) is 19.3 Å². The first-order valence-corrected chi connectivity index (χ1v) is 4.79. The summed E-state index contributed by atoms with van der Waals surface area (Å²) in [5.41, 5.74) is 0. The number of carboxylic acids is 1. The largest absolute Gasteiger partial charge is 0.502 e. The van der Waals surface area contributed by atoms with Crippen molar-refractivity contribution >= 4 is 11.8 Å². The summed E-state index contributed by atoms with van der Waals surface area (Å²) in [6.45, 7) is 0. The van der Waals surface area contributed by atoms with Gasteiger partial charge < -0.3 is 10.2 Å². The van der Waals surface area contributed by atoms with Crippen molar-refractivity contribution in [1.82, 2.24) is 0 Å². The van der Waals surface area contributed by atoms with Gasteiger partial charge in [0.15, 0.2) is 5.78 Å². The van der Waals surface area contributed by atoms with Crippen LogP contribution < -0.4 is 0 Å². The molecule has 1 fully saturated rings. The molecular weight excluding hydrogens is 184 g/mol. The molecule has 14 heavy (non-hydrogen) atoms. The van der Waals surface area contributed by atoms with Crippen LogP contribution in [0.2, 0.25) is 0 Å². The van der Waals surface area contributed by atoms with Crippen LogP contribution in [0.15, 0.2) is 11.8 Å². The van der Waals surface area contributed by atoms with E-state index in [1.807, 2.05) is 0 Å². The molecular formula is C10H14O4. The molecule has 2 N–H and O–H groups in total. The molecule has 0 radical (unpaired) electrons. The quantitative estimate of drug-likeness (QED) is 0.534. The van der Waals surface area contributed by atoms with Crippen LogP contribution in [0, 0.1) is 5.92 Å². The minimum absolute atomic E-state index is 0.0924. The van der Waals surface area contributed by atoms with Gasteiger partial charge in [0, 0.05) is 12.0 Å². The van der Waals surface area contributed by atoms with Gasteiger partial charge in [-0.3, -0.25) is 4.79 Å². The number of aliphatic hydroxyl groups is 1. The second-order valence-corrected chi connectivity index (χ2v) is 3.57. The highest BCUT2D eigenvalue weighted by Crippen LogP contribution is 2.24. The van der Waals surface area contributed by atoms with Crippen molar-refractivity contribution in [3.8, 4) is 0 Å². The predicted octanol–water partition coefficient (Wildman–Crippen LogP) is 1.66. The first-order valence-electron chi connectivity index (χ1n) is 4.79. The number of carbonyl (C=O) groups is 2. The molecule has 0 atom stereocenters. The van der Waals surface area contributed by atoms with Crippen LogP contribution in [0.4, 0.5) is 0 Å². The normalized spacial score (nSPS) is 19.3. The van der Waals surface area contributed by atoms with Crippen LogP contribution in [0.3, 0.4) is 0 Å². The zero-order chi connectivity index (χ0) is 10.6. The van der Waals surface area contributed by atoms with E-state index >= 15 is 0 Å². The number of allylic oxidation sites excluding steroid dienone is 1. The lowest BCUT2D eigenvalue weighted by Crippen LogP contribution is -2.17. The van der Waals surface area contributed by atoms with Crippen molar-refractivity contribution in [2.75, 3.05) is 0 Å². The Kier molecular flexibility index (Phi) is 3.68. The number of aliphatic carboxylic acids is 1. The van der Waals surface area contributed by atoms with Gasteiger partial charge in [-0.25, -0.2) is 4.79 Å². The van der Waals surface area contributed by atoms with Gasteiger partial charge in [-0.15, -0.1) is 0 Å². The maximum absolute atomic E-state index is 11.4. The average molecular weight is 198 g/mol. The van der Waals surface area contributed by atoms with E-state index in [4.69, 9.17) is 10.2 Å². The molecule has 1 aliphatic carbocycles. The Morgan fingerprint density at radius 3 is 2.14 bits per heavy atom. The second kappa shape index (κ2) is 4.79. The lowest BCUT2D eigenvalue weighted by molar-refractivity contribution is -0.136. The van der Waals surface area contributed by atoms with Gasteiger partial charge in [-0.2, -0.15) is 0 Å². The summed E-state index contributed by atoms with van der Waals surface area (Å²) in [5, 5.41) is 17.2. The molecule has 4 nitrogen and oxygen atoms in total. The van der Waals surface area contributed by atoms with Crippen molar-refractivity contribution in [1.29, 1.82) is 0 Å². The molecule has 1 saturated carbocycles. The third-order valence-electron chi connectivity index (χ3n) is 2.51. The molecule has 0 saturated heterocycles. The maximum atomic E-state index is 11.4. The van der Waals surface area contributed by atoms with E-state index in [1.54, 1.807) is 0 Å². The summed E-state index contributed by atoms with van der Waals surface area (Å²) in [4.78, 5) is 21.7. The Morgan fingerprint density at radius 1 is 1.07 bits per heavy atom. The fourth-order valence-electron chi connectivity index (χ4n) is 1.70. The Morgan fingerprint density at radius 2 is 1.64 bits per heavy atom. The van der Waals surface area contributed by atoms with Gasteiger partial charge in [0.1, 0.15) is 0 Å². The number of carbonyl (C=O) groups excluding carboxylic acids is 1. The van der Waals surface area contributed by atoms with E-state index in [-0.39, 0.29) is 11.7 Å². The SMILES string of the molecule is O=C(O)/C(O)=C\C(=O)C1CCCCC1. The summed E-state index contributed by atoms with van der Waals surface area (Å²) >= 11 is 0. The van der Waals surface area contributed by atoms with E-state index in [9.17, 15) is 9.59 Å². The third kappa shape index (κ3) is 2.87. The molecule has 1 rings (SSSR count). The van der Waals surface area contributed by atoms with Crippen LogP contribution in [-0.2, 0) is 9.59 Å². The summed E-state index contributed by atoms with van der Waals surface area (Å²) in [6, 6.07) is 0. The number of carboxylic acid groups (broad SMARTS) is 1. The lowest BCUT2D eigenvalue weighted by Gasteiger charge is -2.18. The fraction of sp³-hybridized carbons (Fsp3) is 0.600. The Labute approximate surface area is 82.2 Å². The van der Waals surface area contributed by atoms with Gasteiger partial charge in [0.05, 0.1) is 0 Å². The van der Waals surface area contributed by atoms with Gasteiger partial charge in [0.2, 0.25) is 5.76 Å². The van der Waals surface area contributed by atoms with E-state index < -0.39 is 11.7 Å². The highest BCUT2D eigenvalue weighted by atomic mass is 16.4. The van der Waals surface area contributed by atoms with Crippen LogP contribution in [0.5, 0.6) is 0 Å². The van der Waals surface area contributed by atoms with Crippen LogP contribution in [0.1, 0.15) is 32.1 Å². The average Bonchev–Trinajstić information content (AvgIpc) is 2.19. The van der Waals surface area contributed by atoms with Crippen LogP contribution in [0.25, 0.3) is 0 Å². The fourth-order valence-corrected chi connectivity index (χ4v) is 1.70. The summed E-state index contributed by atoms with van der Waals surface area (Å²) in [6.07, 6.45) is 5.61. The van der Waals surface area contributed by atoms with Crippen molar-refractivity contribution in [2.24, 2.45) is 5.92 Å². The molecule has 0 aliphatic heterocycles. The van der Waals surface area contributed by atoms with E-state index in [1.165, 1.54) is 0 Å². The Bertz CT molecular complexity index is 261. The molecule has 0 aromatic heterocycles. The standard InChI is InChI=1S/C10H14O4/c11-8(6-9(12)10(13)14)7-4-2-1-3-5-7/h6-7,12H,1-5H2,(H,13,14)/b9-6+. The van der Waals surface area contributed by atoms with Gasteiger partial charge >= 0.3 is 5.97 Å². The van der Waals surface area contributed by atoms with Crippen LogP contribution >= 0.6 is 0 Å². The highest BCUT2D eigenvalue weighted by molar-refractivity contribution is 5.98. The highest BCUT2D eigenvalue weighted by Gasteiger charge is 2.20. The van der Waals surface area contributed by atoms with E-state index in [2.05, 4.69) is 0 Å². The first kappa shape index (κ1) is 10.8. The molecule has 0 unspecified atom stereocenters. The first-order chi connectivity index (χ1) is 6.61. The number of aliphatic hydroxyl groups excluding tert-OH is 1. The number of rotatable bonds is 3. The zero-order valence-corrected chi connectivity index (χ0v) is 7.90. The molecule has 0 amide bonds. The predicted molar refractivity (Wildman–Crippen MR) is 49.9 cm³/mol. The molecule has 0 bridgehead atoms. The lowest BCUT2D eigenvalue weighted by atomic mass is 9.86. The Hall–Kier alpha value is -1.32. The topological polar surface area (TPSA) is 74.6 Å². The van der Waals surface area contributed by atoms with Crippen molar-refractivity contribution in [2.45, 2.75) is 32.1 Å². The van der Waals surface area contributed by atoms with E-state index in [0.717, 1.165) is 38.2 Å². The second-order valence-electron chi connectivity index (χ2n) is 3.57. The van der Waals surface area contributed by atoms with Gasteiger partial charge in [0.25, 0.3) is 0 Å². The molecule has 1 aliphatic rings. The molecule has 0 aromatic carbocycles. The monoisotopic (exact) mass is 198 g/mol. The van der Waals surface area contributed by atoms with Crippen molar-refractivity contribution < 1.29 is 19.8 Å². The van der Waals surface area contributed by atoms with Gasteiger partial charge in [-0.05, 0) is 12.8 Å². The maximum Gasteiger partial charge on any atom is 0.371 e. The zero-order valence-electron chi connectivity index (χ0n) is 7.90. The number of hydrogen-bond donors (Lipinski definition) is 2. The van der Waals surface area contributed by atoms with E-state index in [0.29, 0.717) is 0 Å². The summed E-state index contributed by atoms with van der Waals surface area (Å²) in [5.74, 6) is -2.66. The third-order valence-corrected chi connectivity index (χ3v) is 2.51. The minimum Gasteiger partial charge on any atom is -0.502 e. The minimum atomic E-state index is -1.45. The number of hydrogen-bond acceptors (Lipinski definition) is 3. The molecule has 78 valence electrons. The van der Waals surface area contributed by atoms with Crippen molar-refractivity contribution in [3.63, 3.8) is 0 Å². The molecule has 0 spiro atoms. The Balaban J connectivity index is 2.56. The number of ketones is 1. The summed E-state index contributed by atoms with van der Waals surface area (Å²) in [7, 11) is 0. The van der Waals surface area contributed by atoms with Crippen LogP contribution in [-0.4, -0.2) is 22.0 Å². The van der Waals surface area contributed by atoms with Crippen molar-refractivity contribution in [3.05, 3.63) is 11.8 Å². The smallest absolute Gasteiger partial charge is 0.371 e. The summed E-state index contributed by atoms with van der Waals surface area (Å²) < 4.78 is 0. The molecule has 0 aromatic rings. The molecule has 0 heterocycles.